The molecule has 0 N–H and O–H groups in total. The number of aryl methyl sites for hydroxylation is 1. The van der Waals surface area contributed by atoms with Crippen LogP contribution in [0.15, 0.2) is 29.1 Å². The van der Waals surface area contributed by atoms with Gasteiger partial charge in [-0.1, -0.05) is 32.0 Å². The van der Waals surface area contributed by atoms with Crippen LogP contribution in [0.3, 0.4) is 0 Å². The molecular formula is C15H18N2O2. The van der Waals surface area contributed by atoms with Crippen molar-refractivity contribution in [1.82, 2.24) is 9.78 Å². The van der Waals surface area contributed by atoms with E-state index in [1.165, 1.54) is 4.68 Å². The molecule has 0 aliphatic rings. The van der Waals surface area contributed by atoms with Gasteiger partial charge >= 0.3 is 0 Å². The van der Waals surface area contributed by atoms with E-state index >= 15 is 0 Å². The molecule has 2 aromatic rings. The van der Waals surface area contributed by atoms with Crippen LogP contribution in [0.4, 0.5) is 0 Å². The second-order valence-corrected chi connectivity index (χ2v) is 5.23. The monoisotopic (exact) mass is 258 g/mol. The van der Waals surface area contributed by atoms with Crippen molar-refractivity contribution >= 4 is 16.6 Å². The Labute approximate surface area is 112 Å². The van der Waals surface area contributed by atoms with Crippen molar-refractivity contribution in [3.8, 4) is 0 Å². The Hall–Kier alpha value is -1.97. The van der Waals surface area contributed by atoms with Gasteiger partial charge in [-0.2, -0.15) is 5.10 Å². The van der Waals surface area contributed by atoms with Crippen molar-refractivity contribution in [2.24, 2.45) is 13.0 Å². The van der Waals surface area contributed by atoms with Crippen LogP contribution in [0, 0.1) is 5.92 Å². The summed E-state index contributed by atoms with van der Waals surface area (Å²) in [7, 11) is 1.62. The van der Waals surface area contributed by atoms with Crippen molar-refractivity contribution in [3.63, 3.8) is 0 Å². The third-order valence-corrected chi connectivity index (χ3v) is 3.03. The highest BCUT2D eigenvalue weighted by molar-refractivity contribution is 5.89. The SMILES string of the molecule is CC(C)CC(=O)Cc1nn(C)c(=O)c2ccccc12. The standard InChI is InChI=1S/C15H18N2O2/c1-10(2)8-11(18)9-14-12-6-4-5-7-13(12)15(19)17(3)16-14/h4-7,10H,8-9H2,1-3H3. The first-order chi connectivity index (χ1) is 8.99. The van der Waals surface area contributed by atoms with Crippen LogP contribution >= 0.6 is 0 Å². The summed E-state index contributed by atoms with van der Waals surface area (Å²) in [5.74, 6) is 0.498. The second kappa shape index (κ2) is 5.34. The third kappa shape index (κ3) is 2.89. The fourth-order valence-corrected chi connectivity index (χ4v) is 2.22. The Morgan fingerprint density at radius 2 is 1.89 bits per heavy atom. The number of hydrogen-bond acceptors (Lipinski definition) is 3. The Morgan fingerprint density at radius 1 is 1.26 bits per heavy atom. The van der Waals surface area contributed by atoms with E-state index in [9.17, 15) is 9.59 Å². The van der Waals surface area contributed by atoms with Gasteiger partial charge in [0.2, 0.25) is 0 Å². The summed E-state index contributed by atoms with van der Waals surface area (Å²) in [5.41, 5.74) is 0.555. The lowest BCUT2D eigenvalue weighted by Gasteiger charge is -2.08. The van der Waals surface area contributed by atoms with Crippen LogP contribution in [0.1, 0.15) is 26.0 Å². The summed E-state index contributed by atoms with van der Waals surface area (Å²) >= 11 is 0. The van der Waals surface area contributed by atoms with Crippen molar-refractivity contribution in [3.05, 3.63) is 40.3 Å². The lowest BCUT2D eigenvalue weighted by atomic mass is 10.0. The number of rotatable bonds is 4. The first-order valence-electron chi connectivity index (χ1n) is 6.45. The number of Topliss-reactive ketones (excluding diaryl/α,β-unsaturated/α-hetero) is 1. The molecule has 0 atom stereocenters. The topological polar surface area (TPSA) is 52.0 Å². The van der Waals surface area contributed by atoms with E-state index in [4.69, 9.17) is 0 Å². The molecule has 0 unspecified atom stereocenters. The number of nitrogens with zero attached hydrogens (tertiary/aromatic N) is 2. The van der Waals surface area contributed by atoms with Crippen LogP contribution < -0.4 is 5.56 Å². The fraction of sp³-hybridized carbons (Fsp3) is 0.400. The maximum Gasteiger partial charge on any atom is 0.274 e. The van der Waals surface area contributed by atoms with Crippen molar-refractivity contribution < 1.29 is 4.79 Å². The Bertz CT molecular complexity index is 671. The molecule has 0 aliphatic carbocycles. The lowest BCUT2D eigenvalue weighted by Crippen LogP contribution is -2.22. The summed E-state index contributed by atoms with van der Waals surface area (Å²) < 4.78 is 1.31. The minimum atomic E-state index is -0.129. The van der Waals surface area contributed by atoms with Crippen molar-refractivity contribution in [2.75, 3.05) is 0 Å². The van der Waals surface area contributed by atoms with Gasteiger partial charge in [-0.3, -0.25) is 9.59 Å². The van der Waals surface area contributed by atoms with Crippen molar-refractivity contribution in [2.45, 2.75) is 26.7 Å². The van der Waals surface area contributed by atoms with Gasteiger partial charge in [0.05, 0.1) is 17.5 Å². The van der Waals surface area contributed by atoms with E-state index in [0.29, 0.717) is 23.4 Å². The van der Waals surface area contributed by atoms with Gasteiger partial charge in [-0.05, 0) is 12.0 Å². The summed E-state index contributed by atoms with van der Waals surface area (Å²) in [6.45, 7) is 4.04. The smallest absolute Gasteiger partial charge is 0.274 e. The van der Waals surface area contributed by atoms with Gasteiger partial charge in [-0.15, -0.1) is 0 Å². The minimum Gasteiger partial charge on any atom is -0.299 e. The first-order valence-corrected chi connectivity index (χ1v) is 6.45. The van der Waals surface area contributed by atoms with Crippen molar-refractivity contribution in [1.29, 1.82) is 0 Å². The van der Waals surface area contributed by atoms with Gasteiger partial charge in [-0.25, -0.2) is 4.68 Å². The molecule has 0 aliphatic heterocycles. The molecule has 0 amide bonds. The number of carbonyl (C=O) groups excluding carboxylic acids is 1. The third-order valence-electron chi connectivity index (χ3n) is 3.03. The van der Waals surface area contributed by atoms with Gasteiger partial charge < -0.3 is 0 Å². The molecule has 1 heterocycles. The molecule has 0 radical (unpaired) electrons. The normalized spacial score (nSPS) is 11.2. The number of carbonyl (C=O) groups is 1. The summed E-state index contributed by atoms with van der Waals surface area (Å²) in [5, 5.41) is 5.63. The molecule has 4 heteroatoms. The largest absolute Gasteiger partial charge is 0.299 e. The van der Waals surface area contributed by atoms with Crippen LogP contribution in [0.2, 0.25) is 0 Å². The molecule has 1 aromatic carbocycles. The number of hydrogen-bond donors (Lipinski definition) is 0. The average Bonchev–Trinajstić information content (AvgIpc) is 2.34. The number of ketones is 1. The molecular weight excluding hydrogens is 240 g/mol. The summed E-state index contributed by atoms with van der Waals surface area (Å²) in [6, 6.07) is 7.31. The van der Waals surface area contributed by atoms with Gasteiger partial charge in [0.15, 0.2) is 0 Å². The first kappa shape index (κ1) is 13.5. The highest BCUT2D eigenvalue weighted by atomic mass is 16.1. The zero-order valence-corrected chi connectivity index (χ0v) is 11.5. The predicted octanol–water partition coefficient (Wildman–Crippen LogP) is 2.09. The number of aromatic nitrogens is 2. The number of fused-ring (bicyclic) bond motifs is 1. The predicted molar refractivity (Wildman–Crippen MR) is 75.2 cm³/mol. The highest BCUT2D eigenvalue weighted by Gasteiger charge is 2.13. The molecule has 0 saturated carbocycles. The number of benzene rings is 1. The molecule has 2 rings (SSSR count). The summed E-state index contributed by atoms with van der Waals surface area (Å²) in [4.78, 5) is 23.9. The Kier molecular flexibility index (Phi) is 3.79. The zero-order valence-electron chi connectivity index (χ0n) is 11.5. The molecule has 0 spiro atoms. The highest BCUT2D eigenvalue weighted by Crippen LogP contribution is 2.15. The zero-order chi connectivity index (χ0) is 14.0. The maximum absolute atomic E-state index is 12.0. The average molecular weight is 258 g/mol. The van der Waals surface area contributed by atoms with Crippen LogP contribution in [-0.2, 0) is 18.3 Å². The van der Waals surface area contributed by atoms with Crippen LogP contribution in [0.25, 0.3) is 10.8 Å². The minimum absolute atomic E-state index is 0.129. The van der Waals surface area contributed by atoms with Gasteiger partial charge in [0, 0.05) is 18.9 Å². The molecule has 0 saturated heterocycles. The van der Waals surface area contributed by atoms with E-state index in [1.807, 2.05) is 32.0 Å². The molecule has 4 nitrogen and oxygen atoms in total. The van der Waals surface area contributed by atoms with E-state index < -0.39 is 0 Å². The van der Waals surface area contributed by atoms with E-state index in [2.05, 4.69) is 5.10 Å². The fourth-order valence-electron chi connectivity index (χ4n) is 2.22. The quantitative estimate of drug-likeness (QED) is 0.843. The van der Waals surface area contributed by atoms with E-state index in [0.717, 1.165) is 5.39 Å². The van der Waals surface area contributed by atoms with Crippen LogP contribution in [-0.4, -0.2) is 15.6 Å². The molecule has 100 valence electrons. The van der Waals surface area contributed by atoms with E-state index in [1.54, 1.807) is 13.1 Å². The Morgan fingerprint density at radius 3 is 2.53 bits per heavy atom. The maximum atomic E-state index is 12.0. The second-order valence-electron chi connectivity index (χ2n) is 5.23. The van der Waals surface area contributed by atoms with E-state index in [-0.39, 0.29) is 17.8 Å². The summed E-state index contributed by atoms with van der Waals surface area (Å²) in [6.07, 6.45) is 0.825. The molecule has 19 heavy (non-hydrogen) atoms. The molecule has 1 aromatic heterocycles. The molecule has 0 fully saturated rings. The van der Waals surface area contributed by atoms with Gasteiger partial charge in [0.25, 0.3) is 5.56 Å². The Balaban J connectivity index is 2.46. The van der Waals surface area contributed by atoms with Crippen LogP contribution in [0.5, 0.6) is 0 Å². The molecule has 0 bridgehead atoms. The van der Waals surface area contributed by atoms with Gasteiger partial charge in [0.1, 0.15) is 5.78 Å². The lowest BCUT2D eigenvalue weighted by molar-refractivity contribution is -0.119.